The van der Waals surface area contributed by atoms with Crippen LogP contribution in [0.2, 0.25) is 0 Å². The predicted molar refractivity (Wildman–Crippen MR) is 110 cm³/mol. The highest BCUT2D eigenvalue weighted by Crippen LogP contribution is 2.26. The fourth-order valence-electron chi connectivity index (χ4n) is 3.17. The highest BCUT2D eigenvalue weighted by atomic mass is 32.2. The fraction of sp³-hybridized carbons (Fsp3) is 0.381. The van der Waals surface area contributed by atoms with Crippen LogP contribution in [-0.2, 0) is 14.8 Å². The van der Waals surface area contributed by atoms with Crippen molar-refractivity contribution in [2.45, 2.75) is 24.8 Å². The Labute approximate surface area is 171 Å². The van der Waals surface area contributed by atoms with E-state index < -0.39 is 15.9 Å². The minimum atomic E-state index is -3.71. The molecule has 0 aliphatic carbocycles. The lowest BCUT2D eigenvalue weighted by molar-refractivity contribution is 0.0730. The normalized spacial score (nSPS) is 16.2. The van der Waals surface area contributed by atoms with Gasteiger partial charge in [0.05, 0.1) is 36.8 Å². The first-order chi connectivity index (χ1) is 13.8. The van der Waals surface area contributed by atoms with Gasteiger partial charge in [0.2, 0.25) is 10.0 Å². The lowest BCUT2D eigenvalue weighted by Gasteiger charge is -2.26. The number of ether oxygens (including phenoxy) is 2. The minimum Gasteiger partial charge on any atom is -0.496 e. The molecule has 3 rings (SSSR count). The monoisotopic (exact) mass is 418 g/mol. The number of amides is 1. The SMILES string of the molecule is COc1ccc(S(=O)(=O)N2CCOCC2)cc1C(=O)NC(C)c1ccc(C)cc1. The van der Waals surface area contributed by atoms with Gasteiger partial charge in [0, 0.05) is 13.1 Å². The van der Waals surface area contributed by atoms with Gasteiger partial charge >= 0.3 is 0 Å². The number of methoxy groups -OCH3 is 1. The molecule has 156 valence electrons. The summed E-state index contributed by atoms with van der Waals surface area (Å²) >= 11 is 0. The summed E-state index contributed by atoms with van der Waals surface area (Å²) in [6, 6.07) is 12.0. The third-order valence-electron chi connectivity index (χ3n) is 4.95. The van der Waals surface area contributed by atoms with Gasteiger partial charge in [-0.25, -0.2) is 8.42 Å². The summed E-state index contributed by atoms with van der Waals surface area (Å²) in [6.07, 6.45) is 0. The number of benzene rings is 2. The number of carbonyl (C=O) groups is 1. The molecule has 1 saturated heterocycles. The number of rotatable bonds is 6. The van der Waals surface area contributed by atoms with Crippen LogP contribution in [0.5, 0.6) is 5.75 Å². The second-order valence-electron chi connectivity index (χ2n) is 6.98. The number of nitrogens with zero attached hydrogens (tertiary/aromatic N) is 1. The van der Waals surface area contributed by atoms with Crippen molar-refractivity contribution in [3.05, 3.63) is 59.2 Å². The van der Waals surface area contributed by atoms with Crippen molar-refractivity contribution in [3.63, 3.8) is 0 Å². The molecule has 7 nitrogen and oxygen atoms in total. The quantitative estimate of drug-likeness (QED) is 0.779. The van der Waals surface area contributed by atoms with Crippen LogP contribution in [0.4, 0.5) is 0 Å². The smallest absolute Gasteiger partial charge is 0.255 e. The molecule has 2 aromatic carbocycles. The summed E-state index contributed by atoms with van der Waals surface area (Å²) in [5.74, 6) is -0.0755. The Kier molecular flexibility index (Phi) is 6.56. The third-order valence-corrected chi connectivity index (χ3v) is 6.84. The van der Waals surface area contributed by atoms with Gasteiger partial charge in [0.1, 0.15) is 5.75 Å². The Hall–Kier alpha value is -2.42. The number of aryl methyl sites for hydroxylation is 1. The molecule has 1 unspecified atom stereocenters. The standard InChI is InChI=1S/C21H26N2O5S/c1-15-4-6-17(7-5-15)16(2)22-21(24)19-14-18(8-9-20(19)27-3)29(25,26)23-10-12-28-13-11-23/h4-9,14,16H,10-13H2,1-3H3,(H,22,24). The maximum atomic E-state index is 12.9. The molecule has 1 amide bonds. The molecule has 0 spiro atoms. The van der Waals surface area contributed by atoms with Gasteiger partial charge in [-0.2, -0.15) is 4.31 Å². The molecule has 0 saturated carbocycles. The Morgan fingerprint density at radius 3 is 2.41 bits per heavy atom. The molecule has 0 aromatic heterocycles. The van der Waals surface area contributed by atoms with Gasteiger partial charge in [-0.1, -0.05) is 29.8 Å². The molecule has 1 fully saturated rings. The molecule has 1 N–H and O–H groups in total. The van der Waals surface area contributed by atoms with Gasteiger partial charge in [0.15, 0.2) is 0 Å². The molecule has 0 radical (unpaired) electrons. The van der Waals surface area contributed by atoms with E-state index in [1.54, 1.807) is 0 Å². The van der Waals surface area contributed by atoms with Crippen LogP contribution < -0.4 is 10.1 Å². The van der Waals surface area contributed by atoms with Gasteiger partial charge < -0.3 is 14.8 Å². The molecule has 1 atom stereocenters. The van der Waals surface area contributed by atoms with E-state index in [1.165, 1.54) is 29.6 Å². The van der Waals surface area contributed by atoms with E-state index in [0.29, 0.717) is 32.1 Å². The molecule has 29 heavy (non-hydrogen) atoms. The highest BCUT2D eigenvalue weighted by Gasteiger charge is 2.28. The van der Waals surface area contributed by atoms with Crippen LogP contribution in [0.15, 0.2) is 47.4 Å². The van der Waals surface area contributed by atoms with E-state index in [2.05, 4.69) is 5.32 Å². The fourth-order valence-corrected chi connectivity index (χ4v) is 4.61. The van der Waals surface area contributed by atoms with E-state index in [9.17, 15) is 13.2 Å². The molecule has 2 aromatic rings. The van der Waals surface area contributed by atoms with Crippen LogP contribution in [0.1, 0.15) is 34.5 Å². The van der Waals surface area contributed by atoms with Gasteiger partial charge in [-0.05, 0) is 37.6 Å². The lowest BCUT2D eigenvalue weighted by atomic mass is 10.1. The van der Waals surface area contributed by atoms with Gasteiger partial charge in [0.25, 0.3) is 5.91 Å². The second kappa shape index (κ2) is 8.94. The Morgan fingerprint density at radius 1 is 1.14 bits per heavy atom. The van der Waals surface area contributed by atoms with Gasteiger partial charge in [-0.15, -0.1) is 0 Å². The number of nitrogens with one attached hydrogen (secondary N) is 1. The van der Waals surface area contributed by atoms with E-state index >= 15 is 0 Å². The molecular formula is C21H26N2O5S. The Bertz CT molecular complexity index is 967. The Morgan fingerprint density at radius 2 is 1.79 bits per heavy atom. The van der Waals surface area contributed by atoms with Crippen molar-refractivity contribution in [1.29, 1.82) is 0 Å². The van der Waals surface area contributed by atoms with Crippen molar-refractivity contribution >= 4 is 15.9 Å². The van der Waals surface area contributed by atoms with Crippen molar-refractivity contribution in [1.82, 2.24) is 9.62 Å². The van der Waals surface area contributed by atoms with Crippen molar-refractivity contribution in [2.24, 2.45) is 0 Å². The topological polar surface area (TPSA) is 84.9 Å². The van der Waals surface area contributed by atoms with E-state index in [-0.39, 0.29) is 16.5 Å². The zero-order valence-corrected chi connectivity index (χ0v) is 17.7. The summed E-state index contributed by atoms with van der Waals surface area (Å²) < 4.78 is 37.8. The third kappa shape index (κ3) is 4.77. The maximum Gasteiger partial charge on any atom is 0.255 e. The first kappa shape index (κ1) is 21.3. The summed E-state index contributed by atoms with van der Waals surface area (Å²) in [7, 11) is -2.26. The zero-order valence-electron chi connectivity index (χ0n) is 16.8. The van der Waals surface area contributed by atoms with Crippen LogP contribution in [0, 0.1) is 6.92 Å². The number of hydrogen-bond acceptors (Lipinski definition) is 5. The zero-order chi connectivity index (χ0) is 21.0. The molecule has 1 heterocycles. The summed E-state index contributed by atoms with van der Waals surface area (Å²) in [6.45, 7) is 5.18. The van der Waals surface area contributed by atoms with Crippen LogP contribution in [-0.4, -0.2) is 52.0 Å². The summed E-state index contributed by atoms with van der Waals surface area (Å²) in [5, 5.41) is 2.92. The predicted octanol–water partition coefficient (Wildman–Crippen LogP) is 2.52. The number of morpholine rings is 1. The summed E-state index contributed by atoms with van der Waals surface area (Å²) in [5.41, 5.74) is 2.27. The number of sulfonamides is 1. The maximum absolute atomic E-state index is 12.9. The Balaban J connectivity index is 1.86. The largest absolute Gasteiger partial charge is 0.496 e. The summed E-state index contributed by atoms with van der Waals surface area (Å²) in [4.78, 5) is 13.0. The molecule has 8 heteroatoms. The molecular weight excluding hydrogens is 392 g/mol. The van der Waals surface area contributed by atoms with Crippen LogP contribution in [0.25, 0.3) is 0 Å². The minimum absolute atomic E-state index is 0.0633. The van der Waals surface area contributed by atoms with E-state index in [0.717, 1.165) is 11.1 Å². The van der Waals surface area contributed by atoms with E-state index in [4.69, 9.17) is 9.47 Å². The highest BCUT2D eigenvalue weighted by molar-refractivity contribution is 7.89. The molecule has 0 bridgehead atoms. The first-order valence-corrected chi connectivity index (χ1v) is 10.9. The van der Waals surface area contributed by atoms with Crippen molar-refractivity contribution < 1.29 is 22.7 Å². The van der Waals surface area contributed by atoms with Crippen LogP contribution in [0.3, 0.4) is 0 Å². The first-order valence-electron chi connectivity index (χ1n) is 9.46. The lowest BCUT2D eigenvalue weighted by Crippen LogP contribution is -2.40. The second-order valence-corrected chi connectivity index (χ2v) is 8.92. The molecule has 1 aliphatic heterocycles. The number of hydrogen-bond donors (Lipinski definition) is 1. The van der Waals surface area contributed by atoms with Crippen LogP contribution >= 0.6 is 0 Å². The van der Waals surface area contributed by atoms with Gasteiger partial charge in [-0.3, -0.25) is 4.79 Å². The average molecular weight is 419 g/mol. The van der Waals surface area contributed by atoms with E-state index in [1.807, 2.05) is 38.1 Å². The molecule has 1 aliphatic rings. The van der Waals surface area contributed by atoms with Crippen molar-refractivity contribution in [2.75, 3.05) is 33.4 Å². The number of carbonyl (C=O) groups excluding carboxylic acids is 1. The average Bonchev–Trinajstić information content (AvgIpc) is 2.74. The van der Waals surface area contributed by atoms with Crippen molar-refractivity contribution in [3.8, 4) is 5.75 Å².